The molecular weight excluding hydrogens is 498 g/mol. The number of hydrogen-bond donors (Lipinski definition) is 3. The summed E-state index contributed by atoms with van der Waals surface area (Å²) in [6.45, 7) is 2.67. The van der Waals surface area contributed by atoms with Crippen molar-refractivity contribution in [3.8, 4) is 0 Å². The molecule has 1 unspecified atom stereocenters. The fourth-order valence-electron chi connectivity index (χ4n) is 4.02. The van der Waals surface area contributed by atoms with E-state index in [-0.39, 0.29) is 48.7 Å². The van der Waals surface area contributed by atoms with Crippen LogP contribution in [0.3, 0.4) is 0 Å². The molecule has 0 radical (unpaired) electrons. The SMILES string of the molecule is C=O.CNC(=O)CCC(C=O)N1C(=O)c2cccc(N(CCO)CCNc3ccc([N+](=O)[O-])cc3)c2C1=O. The topological polar surface area (TPSA) is 179 Å². The van der Waals surface area contributed by atoms with Crippen LogP contribution in [-0.4, -0.2) is 85.1 Å². The average molecular weight is 528 g/mol. The number of anilines is 2. The summed E-state index contributed by atoms with van der Waals surface area (Å²) in [5.74, 6) is -1.56. The highest BCUT2D eigenvalue weighted by Crippen LogP contribution is 2.33. The highest BCUT2D eigenvalue weighted by Gasteiger charge is 2.42. The number of benzene rings is 2. The summed E-state index contributed by atoms with van der Waals surface area (Å²) in [7, 11) is 1.46. The minimum atomic E-state index is -1.09. The minimum absolute atomic E-state index is 0.00346. The van der Waals surface area contributed by atoms with Gasteiger partial charge in [0.2, 0.25) is 5.91 Å². The smallest absolute Gasteiger partial charge is 0.269 e. The van der Waals surface area contributed by atoms with Crippen molar-refractivity contribution in [1.82, 2.24) is 10.2 Å². The number of fused-ring (bicyclic) bond motifs is 1. The first-order valence-electron chi connectivity index (χ1n) is 11.6. The zero-order valence-electron chi connectivity index (χ0n) is 20.8. The van der Waals surface area contributed by atoms with Crippen LogP contribution in [0.5, 0.6) is 0 Å². The Bertz CT molecular complexity index is 1170. The second-order valence-corrected chi connectivity index (χ2v) is 8.04. The van der Waals surface area contributed by atoms with Crippen molar-refractivity contribution >= 4 is 47.9 Å². The van der Waals surface area contributed by atoms with Gasteiger partial charge in [0.05, 0.1) is 34.4 Å². The molecule has 1 aliphatic rings. The van der Waals surface area contributed by atoms with Crippen molar-refractivity contribution in [2.45, 2.75) is 18.9 Å². The van der Waals surface area contributed by atoms with E-state index in [9.17, 15) is 34.4 Å². The molecule has 13 heteroatoms. The molecule has 3 amide bonds. The number of non-ortho nitro benzene ring substituents is 1. The van der Waals surface area contributed by atoms with Crippen molar-refractivity contribution in [1.29, 1.82) is 0 Å². The van der Waals surface area contributed by atoms with Crippen LogP contribution in [0.15, 0.2) is 42.5 Å². The molecule has 0 fully saturated rings. The van der Waals surface area contributed by atoms with Crippen molar-refractivity contribution in [3.63, 3.8) is 0 Å². The van der Waals surface area contributed by atoms with Crippen LogP contribution in [-0.2, 0) is 14.4 Å². The van der Waals surface area contributed by atoms with Crippen LogP contribution >= 0.6 is 0 Å². The van der Waals surface area contributed by atoms with Crippen molar-refractivity contribution in [3.05, 3.63) is 63.7 Å². The molecule has 1 aliphatic heterocycles. The molecule has 0 aliphatic carbocycles. The number of carbonyl (C=O) groups excluding carboxylic acids is 5. The van der Waals surface area contributed by atoms with E-state index >= 15 is 0 Å². The van der Waals surface area contributed by atoms with Crippen LogP contribution in [0, 0.1) is 10.1 Å². The van der Waals surface area contributed by atoms with Gasteiger partial charge in [0.15, 0.2) is 0 Å². The molecule has 38 heavy (non-hydrogen) atoms. The van der Waals surface area contributed by atoms with Crippen LogP contribution in [0.2, 0.25) is 0 Å². The number of nitrogens with zero attached hydrogens (tertiary/aromatic N) is 3. The molecule has 13 nitrogen and oxygen atoms in total. The van der Waals surface area contributed by atoms with E-state index < -0.39 is 22.8 Å². The summed E-state index contributed by atoms with van der Waals surface area (Å²) in [4.78, 5) is 70.7. The van der Waals surface area contributed by atoms with Gasteiger partial charge >= 0.3 is 0 Å². The predicted octanol–water partition coefficient (Wildman–Crippen LogP) is 1.01. The molecule has 202 valence electrons. The number of carbonyl (C=O) groups is 5. The normalized spacial score (nSPS) is 12.6. The lowest BCUT2D eigenvalue weighted by Gasteiger charge is -2.26. The zero-order valence-corrected chi connectivity index (χ0v) is 20.8. The number of nitro benzene ring substituents is 1. The lowest BCUT2D eigenvalue weighted by Crippen LogP contribution is -2.41. The van der Waals surface area contributed by atoms with E-state index in [1.54, 1.807) is 29.2 Å². The van der Waals surface area contributed by atoms with E-state index in [1.807, 2.05) is 6.79 Å². The molecule has 2 aromatic carbocycles. The van der Waals surface area contributed by atoms with Crippen LogP contribution in [0.25, 0.3) is 0 Å². The summed E-state index contributed by atoms with van der Waals surface area (Å²) in [6, 6.07) is 9.62. The van der Waals surface area contributed by atoms with Gasteiger partial charge in [0, 0.05) is 50.9 Å². The molecule has 0 saturated heterocycles. The Morgan fingerprint density at radius 1 is 1.16 bits per heavy atom. The van der Waals surface area contributed by atoms with Crippen molar-refractivity contribution < 1.29 is 34.0 Å². The Morgan fingerprint density at radius 3 is 2.42 bits per heavy atom. The number of nitrogens with one attached hydrogen (secondary N) is 2. The number of imide groups is 1. The largest absolute Gasteiger partial charge is 0.395 e. The van der Waals surface area contributed by atoms with E-state index in [2.05, 4.69) is 10.6 Å². The molecule has 1 heterocycles. The molecule has 3 N–H and O–H groups in total. The summed E-state index contributed by atoms with van der Waals surface area (Å²) in [5, 5.41) is 26.0. The number of aliphatic hydroxyl groups excluding tert-OH is 1. The summed E-state index contributed by atoms with van der Waals surface area (Å²) in [6.07, 6.45) is 0.471. The first-order valence-corrected chi connectivity index (χ1v) is 11.6. The Balaban J connectivity index is 0.00000247. The van der Waals surface area contributed by atoms with Crippen LogP contribution < -0.4 is 15.5 Å². The van der Waals surface area contributed by atoms with E-state index in [0.29, 0.717) is 30.8 Å². The highest BCUT2D eigenvalue weighted by molar-refractivity contribution is 6.24. The molecule has 3 rings (SSSR count). The molecule has 2 aromatic rings. The third-order valence-corrected chi connectivity index (χ3v) is 5.86. The average Bonchev–Trinajstić information content (AvgIpc) is 3.19. The van der Waals surface area contributed by atoms with Crippen molar-refractivity contribution in [2.24, 2.45) is 0 Å². The maximum absolute atomic E-state index is 13.3. The van der Waals surface area contributed by atoms with Gasteiger partial charge in [-0.2, -0.15) is 0 Å². The predicted molar refractivity (Wildman–Crippen MR) is 138 cm³/mol. The van der Waals surface area contributed by atoms with Crippen LogP contribution in [0.1, 0.15) is 33.6 Å². The highest BCUT2D eigenvalue weighted by atomic mass is 16.6. The molecule has 1 atom stereocenters. The summed E-state index contributed by atoms with van der Waals surface area (Å²) in [5.41, 5.74) is 1.35. The molecule has 0 saturated carbocycles. The Kier molecular flexibility index (Phi) is 11.0. The second-order valence-electron chi connectivity index (χ2n) is 8.04. The summed E-state index contributed by atoms with van der Waals surface area (Å²) >= 11 is 0. The number of aliphatic hydroxyl groups is 1. The molecular formula is C25H29N5O8. The lowest BCUT2D eigenvalue weighted by atomic mass is 10.1. The van der Waals surface area contributed by atoms with Gasteiger partial charge in [-0.05, 0) is 30.7 Å². The maximum Gasteiger partial charge on any atom is 0.269 e. The summed E-state index contributed by atoms with van der Waals surface area (Å²) < 4.78 is 0. The number of rotatable bonds is 13. The van der Waals surface area contributed by atoms with Gasteiger partial charge in [0.25, 0.3) is 17.5 Å². The fraction of sp³-hybridized carbons (Fsp3) is 0.320. The van der Waals surface area contributed by atoms with Gasteiger partial charge in [-0.1, -0.05) is 6.07 Å². The van der Waals surface area contributed by atoms with Gasteiger partial charge in [-0.25, -0.2) is 0 Å². The second kappa shape index (κ2) is 14.2. The van der Waals surface area contributed by atoms with E-state index in [1.165, 1.54) is 25.2 Å². The quantitative estimate of drug-likeness (QED) is 0.147. The molecule has 0 bridgehead atoms. The van der Waals surface area contributed by atoms with Crippen molar-refractivity contribution in [2.75, 3.05) is 43.5 Å². The minimum Gasteiger partial charge on any atom is -0.395 e. The Labute approximate surface area is 218 Å². The monoisotopic (exact) mass is 527 g/mol. The Hall–Kier alpha value is -4.65. The molecule has 0 spiro atoms. The first kappa shape index (κ1) is 29.6. The lowest BCUT2D eigenvalue weighted by molar-refractivity contribution is -0.384. The number of aldehydes is 1. The zero-order chi connectivity index (χ0) is 28.2. The third kappa shape index (κ3) is 6.76. The third-order valence-electron chi connectivity index (χ3n) is 5.86. The standard InChI is InChI=1S/C24H27N5O7.CH2O/c1-25-21(32)10-9-18(15-31)28-23(33)19-3-2-4-20(22(19)24(28)34)27(13-14-30)12-11-26-16-5-7-17(8-6-16)29(35)36;1-2/h2-8,15,18,26,30H,9-14H2,1H3,(H,25,32);1H2. The maximum atomic E-state index is 13.3. The van der Waals surface area contributed by atoms with Gasteiger partial charge in [0.1, 0.15) is 13.1 Å². The van der Waals surface area contributed by atoms with Crippen LogP contribution in [0.4, 0.5) is 17.1 Å². The van der Waals surface area contributed by atoms with E-state index in [0.717, 1.165) is 4.90 Å². The Morgan fingerprint density at radius 2 is 1.84 bits per heavy atom. The van der Waals surface area contributed by atoms with Gasteiger partial charge in [-0.15, -0.1) is 0 Å². The molecule has 0 aromatic heterocycles. The number of hydrogen-bond acceptors (Lipinski definition) is 10. The first-order chi connectivity index (χ1) is 18.3. The number of amides is 3. The van der Waals surface area contributed by atoms with Gasteiger partial charge < -0.3 is 30.2 Å². The fourth-order valence-corrected chi connectivity index (χ4v) is 4.02. The van der Waals surface area contributed by atoms with E-state index in [4.69, 9.17) is 4.79 Å². The van der Waals surface area contributed by atoms with Gasteiger partial charge in [-0.3, -0.25) is 29.4 Å². The number of nitro groups is 1.